The fourth-order valence-corrected chi connectivity index (χ4v) is 3.99. The monoisotopic (exact) mass is 453 g/mol. The van der Waals surface area contributed by atoms with Crippen molar-refractivity contribution in [2.75, 3.05) is 11.1 Å². The second-order valence-corrected chi connectivity index (χ2v) is 8.26. The summed E-state index contributed by atoms with van der Waals surface area (Å²) >= 11 is 13.3. The summed E-state index contributed by atoms with van der Waals surface area (Å²) in [4.78, 5) is 17.0. The molecule has 3 aromatic carbocycles. The normalized spacial score (nSPS) is 10.7. The average Bonchev–Trinajstić information content (AvgIpc) is 3.19. The average molecular weight is 454 g/mol. The Hall–Kier alpha value is -2.73. The van der Waals surface area contributed by atoms with E-state index in [2.05, 4.69) is 10.3 Å². The molecule has 4 aromatic rings. The molecule has 0 saturated heterocycles. The van der Waals surface area contributed by atoms with Crippen molar-refractivity contribution in [1.82, 2.24) is 9.55 Å². The van der Waals surface area contributed by atoms with E-state index in [9.17, 15) is 4.79 Å². The summed E-state index contributed by atoms with van der Waals surface area (Å²) in [5.74, 6) is 0.107. The highest BCUT2D eigenvalue weighted by atomic mass is 35.5. The van der Waals surface area contributed by atoms with Crippen LogP contribution in [0, 0.1) is 0 Å². The summed E-state index contributed by atoms with van der Waals surface area (Å²) in [5, 5.41) is 4.89. The van der Waals surface area contributed by atoms with Crippen LogP contribution in [-0.4, -0.2) is 21.2 Å². The van der Waals surface area contributed by atoms with Gasteiger partial charge in [-0.1, -0.05) is 65.3 Å². The van der Waals surface area contributed by atoms with Crippen LogP contribution in [0.4, 0.5) is 5.69 Å². The molecule has 0 saturated carbocycles. The zero-order valence-corrected chi connectivity index (χ0v) is 18.1. The SMILES string of the molecule is O=C(CSc1ncc(-c2ccccc2)n1-c1ccc(Cl)cc1)Nc1ccc(Cl)cc1. The smallest absolute Gasteiger partial charge is 0.234 e. The van der Waals surface area contributed by atoms with Gasteiger partial charge in [0.05, 0.1) is 17.6 Å². The van der Waals surface area contributed by atoms with Gasteiger partial charge >= 0.3 is 0 Å². The number of halogens is 2. The molecule has 0 unspecified atom stereocenters. The summed E-state index contributed by atoms with van der Waals surface area (Å²) in [7, 11) is 0. The molecule has 30 heavy (non-hydrogen) atoms. The third-order valence-corrected chi connectivity index (χ3v) is 5.80. The van der Waals surface area contributed by atoms with Crippen molar-refractivity contribution < 1.29 is 4.79 Å². The molecule has 0 aliphatic carbocycles. The van der Waals surface area contributed by atoms with E-state index in [-0.39, 0.29) is 11.7 Å². The fourth-order valence-electron chi connectivity index (χ4n) is 2.95. The fraction of sp³-hybridized carbons (Fsp3) is 0.0435. The van der Waals surface area contributed by atoms with Gasteiger partial charge in [-0.2, -0.15) is 0 Å². The number of carbonyl (C=O) groups excluding carboxylic acids is 1. The molecule has 0 aliphatic rings. The minimum Gasteiger partial charge on any atom is -0.325 e. The maximum absolute atomic E-state index is 12.4. The van der Waals surface area contributed by atoms with Crippen LogP contribution in [-0.2, 0) is 4.79 Å². The molecule has 0 spiro atoms. The van der Waals surface area contributed by atoms with Crippen molar-refractivity contribution in [3.8, 4) is 16.9 Å². The molecule has 1 aromatic heterocycles. The number of benzene rings is 3. The number of aromatic nitrogens is 2. The van der Waals surface area contributed by atoms with Crippen LogP contribution in [0.3, 0.4) is 0 Å². The maximum atomic E-state index is 12.4. The first-order chi connectivity index (χ1) is 14.6. The molecule has 0 bridgehead atoms. The lowest BCUT2D eigenvalue weighted by atomic mass is 10.1. The van der Waals surface area contributed by atoms with Crippen molar-refractivity contribution in [3.05, 3.63) is 95.1 Å². The van der Waals surface area contributed by atoms with E-state index in [1.807, 2.05) is 65.4 Å². The van der Waals surface area contributed by atoms with Crippen LogP contribution in [0.25, 0.3) is 16.9 Å². The zero-order valence-electron chi connectivity index (χ0n) is 15.8. The Labute approximate surface area is 188 Å². The van der Waals surface area contributed by atoms with E-state index in [0.29, 0.717) is 15.7 Å². The van der Waals surface area contributed by atoms with Gasteiger partial charge in [0.1, 0.15) is 0 Å². The minimum atomic E-state index is -0.116. The van der Waals surface area contributed by atoms with Crippen LogP contribution >= 0.6 is 35.0 Å². The van der Waals surface area contributed by atoms with Gasteiger partial charge in [0.15, 0.2) is 5.16 Å². The quantitative estimate of drug-likeness (QED) is 0.335. The van der Waals surface area contributed by atoms with Gasteiger partial charge in [0.2, 0.25) is 5.91 Å². The van der Waals surface area contributed by atoms with Crippen LogP contribution in [0.5, 0.6) is 0 Å². The summed E-state index contributed by atoms with van der Waals surface area (Å²) in [6, 6.07) is 24.6. The van der Waals surface area contributed by atoms with Crippen molar-refractivity contribution in [3.63, 3.8) is 0 Å². The van der Waals surface area contributed by atoms with Crippen molar-refractivity contribution in [2.24, 2.45) is 0 Å². The number of thioether (sulfide) groups is 1. The second kappa shape index (κ2) is 9.39. The van der Waals surface area contributed by atoms with E-state index in [4.69, 9.17) is 23.2 Å². The molecule has 150 valence electrons. The van der Waals surface area contributed by atoms with Crippen molar-refractivity contribution in [1.29, 1.82) is 0 Å². The summed E-state index contributed by atoms with van der Waals surface area (Å²) in [6.45, 7) is 0. The predicted molar refractivity (Wildman–Crippen MR) is 125 cm³/mol. The van der Waals surface area contributed by atoms with Gasteiger partial charge in [-0.3, -0.25) is 9.36 Å². The first-order valence-corrected chi connectivity index (χ1v) is 10.9. The molecule has 0 aliphatic heterocycles. The number of rotatable bonds is 6. The second-order valence-electron chi connectivity index (χ2n) is 6.45. The van der Waals surface area contributed by atoms with Crippen LogP contribution in [0.15, 0.2) is 90.2 Å². The molecule has 1 amide bonds. The molecule has 7 heteroatoms. The highest BCUT2D eigenvalue weighted by Gasteiger charge is 2.15. The number of hydrogen-bond donors (Lipinski definition) is 1. The number of imidazole rings is 1. The lowest BCUT2D eigenvalue weighted by molar-refractivity contribution is -0.113. The van der Waals surface area contributed by atoms with Crippen LogP contribution in [0.2, 0.25) is 10.0 Å². The van der Waals surface area contributed by atoms with Gasteiger partial charge in [-0.05, 0) is 48.5 Å². The number of carbonyl (C=O) groups is 1. The number of anilines is 1. The number of amides is 1. The first kappa shape index (κ1) is 20.5. The zero-order chi connectivity index (χ0) is 20.9. The molecule has 4 nitrogen and oxygen atoms in total. The van der Waals surface area contributed by atoms with E-state index in [1.165, 1.54) is 11.8 Å². The third kappa shape index (κ3) is 4.87. The Morgan fingerprint density at radius 2 is 1.53 bits per heavy atom. The summed E-state index contributed by atoms with van der Waals surface area (Å²) in [5.41, 5.74) is 3.61. The molecule has 1 heterocycles. The number of nitrogens with one attached hydrogen (secondary N) is 1. The van der Waals surface area contributed by atoms with E-state index in [1.54, 1.807) is 24.3 Å². The lowest BCUT2D eigenvalue weighted by Gasteiger charge is -2.12. The largest absolute Gasteiger partial charge is 0.325 e. The highest BCUT2D eigenvalue weighted by Crippen LogP contribution is 2.30. The molecule has 0 atom stereocenters. The van der Waals surface area contributed by atoms with E-state index in [0.717, 1.165) is 22.1 Å². The predicted octanol–water partition coefficient (Wildman–Crippen LogP) is 6.58. The van der Waals surface area contributed by atoms with E-state index < -0.39 is 0 Å². The Morgan fingerprint density at radius 3 is 2.20 bits per heavy atom. The third-order valence-electron chi connectivity index (χ3n) is 4.34. The van der Waals surface area contributed by atoms with Gasteiger partial charge < -0.3 is 5.32 Å². The Balaban J connectivity index is 1.58. The Bertz CT molecular complexity index is 1140. The van der Waals surface area contributed by atoms with Gasteiger partial charge in [0, 0.05) is 27.0 Å². The minimum absolute atomic E-state index is 0.116. The highest BCUT2D eigenvalue weighted by molar-refractivity contribution is 7.99. The Kier molecular flexibility index (Phi) is 6.43. The molecule has 0 fully saturated rings. The lowest BCUT2D eigenvalue weighted by Crippen LogP contribution is -2.14. The summed E-state index contributed by atoms with van der Waals surface area (Å²) < 4.78 is 2.03. The van der Waals surface area contributed by atoms with E-state index >= 15 is 0 Å². The number of nitrogens with zero attached hydrogens (tertiary/aromatic N) is 2. The maximum Gasteiger partial charge on any atom is 0.234 e. The van der Waals surface area contributed by atoms with Gasteiger partial charge in [-0.15, -0.1) is 0 Å². The topological polar surface area (TPSA) is 46.9 Å². The number of hydrogen-bond acceptors (Lipinski definition) is 3. The van der Waals surface area contributed by atoms with Crippen LogP contribution < -0.4 is 5.32 Å². The van der Waals surface area contributed by atoms with Gasteiger partial charge in [0.25, 0.3) is 0 Å². The molecule has 1 N–H and O–H groups in total. The molecular weight excluding hydrogens is 437 g/mol. The Morgan fingerprint density at radius 1 is 0.900 bits per heavy atom. The standard InChI is InChI=1S/C23H17Cl2N3OS/c24-17-6-10-19(11-7-17)27-22(29)15-30-23-26-14-21(16-4-2-1-3-5-16)28(23)20-12-8-18(25)9-13-20/h1-14H,15H2,(H,27,29). The van der Waals surface area contributed by atoms with Gasteiger partial charge in [-0.25, -0.2) is 4.98 Å². The van der Waals surface area contributed by atoms with Crippen molar-refractivity contribution in [2.45, 2.75) is 5.16 Å². The first-order valence-electron chi connectivity index (χ1n) is 9.17. The molecule has 4 rings (SSSR count). The molecular formula is C23H17Cl2N3OS. The molecule has 0 radical (unpaired) electrons. The van der Waals surface area contributed by atoms with Crippen LogP contribution in [0.1, 0.15) is 0 Å². The van der Waals surface area contributed by atoms with Crippen molar-refractivity contribution >= 4 is 46.6 Å². The summed E-state index contributed by atoms with van der Waals surface area (Å²) in [6.07, 6.45) is 1.82.